The lowest BCUT2D eigenvalue weighted by atomic mass is 9.83. The Balaban J connectivity index is 1.32. The molecule has 6 nitrogen and oxygen atoms in total. The lowest BCUT2D eigenvalue weighted by molar-refractivity contribution is 0.0373. The van der Waals surface area contributed by atoms with Gasteiger partial charge in [0.15, 0.2) is 5.96 Å². The second-order valence-corrected chi connectivity index (χ2v) is 9.16. The lowest BCUT2D eigenvalue weighted by Gasteiger charge is -2.48. The highest BCUT2D eigenvalue weighted by Crippen LogP contribution is 2.31. The Hall–Kier alpha value is -2.34. The number of likely N-dealkylation sites (tertiary alicyclic amines) is 2. The third-order valence-electron chi connectivity index (χ3n) is 7.24. The summed E-state index contributed by atoms with van der Waals surface area (Å²) in [6.07, 6.45) is 4.83. The molecule has 1 aromatic carbocycles. The molecule has 0 bridgehead atoms. The van der Waals surface area contributed by atoms with Crippen LogP contribution < -0.4 is 5.32 Å². The summed E-state index contributed by atoms with van der Waals surface area (Å²) in [5.74, 6) is 1.78. The van der Waals surface area contributed by atoms with Gasteiger partial charge in [0.05, 0.1) is 5.69 Å². The van der Waals surface area contributed by atoms with Crippen molar-refractivity contribution in [2.45, 2.75) is 52.1 Å². The smallest absolute Gasteiger partial charge is 0.193 e. The molecule has 1 N–H and O–H groups in total. The quantitative estimate of drug-likeness (QED) is 0.594. The van der Waals surface area contributed by atoms with E-state index in [0.717, 1.165) is 50.2 Å². The van der Waals surface area contributed by atoms with Gasteiger partial charge in [-0.25, -0.2) is 0 Å². The maximum atomic E-state index is 4.61. The minimum Gasteiger partial charge on any atom is -0.356 e. The molecular weight excluding hydrogens is 384 g/mol. The number of aromatic nitrogens is 2. The fraction of sp³-hybridized carbons (Fsp3) is 0.600. The first kappa shape index (κ1) is 21.9. The molecule has 0 aliphatic carbocycles. The number of hydrogen-bond acceptors (Lipinski definition) is 3. The fourth-order valence-corrected chi connectivity index (χ4v) is 5.52. The van der Waals surface area contributed by atoms with Gasteiger partial charge >= 0.3 is 0 Å². The van der Waals surface area contributed by atoms with Gasteiger partial charge in [0.2, 0.25) is 0 Å². The van der Waals surface area contributed by atoms with Gasteiger partial charge in [0.1, 0.15) is 0 Å². The first-order chi connectivity index (χ1) is 15.1. The van der Waals surface area contributed by atoms with Crippen LogP contribution in [-0.2, 0) is 20.0 Å². The van der Waals surface area contributed by atoms with Crippen molar-refractivity contribution in [3.8, 4) is 0 Å². The molecule has 0 radical (unpaired) electrons. The average molecular weight is 423 g/mol. The van der Waals surface area contributed by atoms with Gasteiger partial charge in [-0.2, -0.15) is 5.10 Å². The van der Waals surface area contributed by atoms with Crippen molar-refractivity contribution in [1.82, 2.24) is 24.9 Å². The van der Waals surface area contributed by atoms with E-state index in [4.69, 9.17) is 0 Å². The van der Waals surface area contributed by atoms with Crippen LogP contribution in [0.2, 0.25) is 0 Å². The molecule has 2 saturated heterocycles. The van der Waals surface area contributed by atoms with Gasteiger partial charge in [-0.1, -0.05) is 30.3 Å². The van der Waals surface area contributed by atoms with Crippen molar-refractivity contribution < 1.29 is 0 Å². The Bertz CT molecular complexity index is 887. The Morgan fingerprint density at radius 3 is 2.68 bits per heavy atom. The van der Waals surface area contributed by atoms with Crippen LogP contribution in [0.3, 0.4) is 0 Å². The van der Waals surface area contributed by atoms with Gasteiger partial charge in [-0.15, -0.1) is 0 Å². The number of rotatable bonds is 5. The number of benzene rings is 1. The Labute approximate surface area is 187 Å². The molecule has 0 spiro atoms. The van der Waals surface area contributed by atoms with Crippen molar-refractivity contribution >= 4 is 5.96 Å². The highest BCUT2D eigenvalue weighted by Gasteiger charge is 2.36. The van der Waals surface area contributed by atoms with Crippen molar-refractivity contribution in [3.63, 3.8) is 0 Å². The van der Waals surface area contributed by atoms with Crippen molar-refractivity contribution in [2.75, 3.05) is 33.2 Å². The molecule has 2 atom stereocenters. The standard InChI is InChI=1S/C25H38N6/c1-19-23(20(2)29(4)28-19)12-14-27-25(26-3)31-16-13-24-22(18-31)11-8-15-30(24)17-21-9-6-5-7-10-21/h5-7,9-10,22,24H,8,11-18H2,1-4H3,(H,26,27). The first-order valence-corrected chi connectivity index (χ1v) is 11.8. The zero-order valence-electron chi connectivity index (χ0n) is 19.6. The number of nitrogens with zero attached hydrogens (tertiary/aromatic N) is 5. The van der Waals surface area contributed by atoms with Crippen LogP contribution in [0.4, 0.5) is 0 Å². The number of guanidine groups is 1. The zero-order chi connectivity index (χ0) is 21.8. The van der Waals surface area contributed by atoms with Gasteiger partial charge in [-0.05, 0) is 63.1 Å². The average Bonchev–Trinajstić information content (AvgIpc) is 3.03. The van der Waals surface area contributed by atoms with E-state index in [-0.39, 0.29) is 0 Å². The molecule has 3 heterocycles. The molecule has 0 saturated carbocycles. The second kappa shape index (κ2) is 9.86. The summed E-state index contributed by atoms with van der Waals surface area (Å²) >= 11 is 0. The topological polar surface area (TPSA) is 48.7 Å². The van der Waals surface area contributed by atoms with Crippen LogP contribution in [0.25, 0.3) is 0 Å². The summed E-state index contributed by atoms with van der Waals surface area (Å²) in [6, 6.07) is 11.6. The number of fused-ring (bicyclic) bond motifs is 1. The fourth-order valence-electron chi connectivity index (χ4n) is 5.52. The number of nitrogens with one attached hydrogen (secondary N) is 1. The highest BCUT2D eigenvalue weighted by atomic mass is 15.3. The van der Waals surface area contributed by atoms with Gasteiger partial charge in [0, 0.05) is 52.0 Å². The van der Waals surface area contributed by atoms with E-state index in [2.05, 4.69) is 69.4 Å². The molecule has 168 valence electrons. The van der Waals surface area contributed by atoms with Crippen molar-refractivity contribution in [1.29, 1.82) is 0 Å². The minimum absolute atomic E-state index is 0.698. The van der Waals surface area contributed by atoms with E-state index in [9.17, 15) is 0 Å². The van der Waals surface area contributed by atoms with Crippen LogP contribution >= 0.6 is 0 Å². The van der Waals surface area contributed by atoms with Crippen LogP contribution in [0.15, 0.2) is 35.3 Å². The lowest BCUT2D eigenvalue weighted by Crippen LogP contribution is -2.56. The molecule has 6 heteroatoms. The largest absolute Gasteiger partial charge is 0.356 e. The van der Waals surface area contributed by atoms with E-state index in [1.54, 1.807) is 0 Å². The molecule has 4 rings (SSSR count). The molecule has 2 unspecified atom stereocenters. The van der Waals surface area contributed by atoms with E-state index in [0.29, 0.717) is 6.04 Å². The monoisotopic (exact) mass is 422 g/mol. The molecule has 2 aliphatic rings. The summed E-state index contributed by atoms with van der Waals surface area (Å²) in [5.41, 5.74) is 5.19. The third-order valence-corrected chi connectivity index (χ3v) is 7.24. The van der Waals surface area contributed by atoms with Crippen molar-refractivity contribution in [3.05, 3.63) is 52.8 Å². The minimum atomic E-state index is 0.698. The second-order valence-electron chi connectivity index (χ2n) is 9.16. The van der Waals surface area contributed by atoms with Crippen LogP contribution in [-0.4, -0.2) is 64.8 Å². The molecule has 2 aliphatic heterocycles. The van der Waals surface area contributed by atoms with E-state index in [1.807, 2.05) is 18.8 Å². The predicted molar refractivity (Wildman–Crippen MR) is 127 cm³/mol. The maximum absolute atomic E-state index is 4.61. The molecular formula is C25H38N6. The normalized spacial score (nSPS) is 22.5. The van der Waals surface area contributed by atoms with Crippen molar-refractivity contribution in [2.24, 2.45) is 18.0 Å². The summed E-state index contributed by atoms with van der Waals surface area (Å²) in [4.78, 5) is 9.82. The summed E-state index contributed by atoms with van der Waals surface area (Å²) in [7, 11) is 3.94. The SMILES string of the molecule is CN=C(NCCc1c(C)nn(C)c1C)N1CCC2C(CCCN2Cc2ccccc2)C1. The summed E-state index contributed by atoms with van der Waals surface area (Å²) in [6.45, 7) is 9.65. The number of piperidine rings is 2. The third kappa shape index (κ3) is 4.95. The van der Waals surface area contributed by atoms with Crippen LogP contribution in [0.5, 0.6) is 0 Å². The number of aliphatic imine (C=N–C) groups is 1. The first-order valence-electron chi connectivity index (χ1n) is 11.8. The molecule has 2 aromatic rings. The van der Waals surface area contributed by atoms with Gasteiger partial charge < -0.3 is 10.2 Å². The highest BCUT2D eigenvalue weighted by molar-refractivity contribution is 5.80. The molecule has 1 aromatic heterocycles. The number of hydrogen-bond donors (Lipinski definition) is 1. The molecule has 0 amide bonds. The summed E-state index contributed by atoms with van der Waals surface area (Å²) < 4.78 is 1.98. The van der Waals surface area contributed by atoms with E-state index < -0.39 is 0 Å². The predicted octanol–water partition coefficient (Wildman–Crippen LogP) is 3.14. The molecule has 2 fully saturated rings. The maximum Gasteiger partial charge on any atom is 0.193 e. The zero-order valence-corrected chi connectivity index (χ0v) is 19.6. The van der Waals surface area contributed by atoms with Gasteiger partial charge in [0.25, 0.3) is 0 Å². The Morgan fingerprint density at radius 2 is 1.97 bits per heavy atom. The van der Waals surface area contributed by atoms with Crippen LogP contribution in [0.1, 0.15) is 41.8 Å². The van der Waals surface area contributed by atoms with E-state index in [1.165, 1.54) is 42.6 Å². The Morgan fingerprint density at radius 1 is 1.16 bits per heavy atom. The Kier molecular flexibility index (Phi) is 6.96. The summed E-state index contributed by atoms with van der Waals surface area (Å²) in [5, 5.41) is 8.17. The van der Waals surface area contributed by atoms with Gasteiger partial charge in [-0.3, -0.25) is 14.6 Å². The molecule has 31 heavy (non-hydrogen) atoms. The number of aryl methyl sites for hydroxylation is 2. The van der Waals surface area contributed by atoms with E-state index >= 15 is 0 Å². The van der Waals surface area contributed by atoms with Crippen LogP contribution in [0, 0.1) is 19.8 Å².